The second kappa shape index (κ2) is 10.8. The number of para-hydroxylation sites is 1. The van der Waals surface area contributed by atoms with E-state index in [1.807, 2.05) is 0 Å². The van der Waals surface area contributed by atoms with Gasteiger partial charge in [-0.1, -0.05) is 158 Å². The van der Waals surface area contributed by atoms with E-state index in [2.05, 4.69) is 193 Å². The molecule has 0 saturated carbocycles. The maximum Gasteiger partial charge on any atom is 0.0626 e. The van der Waals surface area contributed by atoms with Gasteiger partial charge in [0.1, 0.15) is 0 Å². The lowest BCUT2D eigenvalue weighted by molar-refractivity contribution is 1.19. The van der Waals surface area contributed by atoms with Gasteiger partial charge >= 0.3 is 0 Å². The number of hydrogen-bond donors (Lipinski definition) is 0. The van der Waals surface area contributed by atoms with E-state index >= 15 is 0 Å². The average molecular weight is 670 g/mol. The van der Waals surface area contributed by atoms with Gasteiger partial charge in [-0.15, -0.1) is 0 Å². The Kier molecular flexibility index (Phi) is 5.84. The molecule has 1 heteroatoms. The van der Waals surface area contributed by atoms with E-state index in [1.54, 1.807) is 0 Å². The van der Waals surface area contributed by atoms with Gasteiger partial charge in [0.05, 0.1) is 11.0 Å². The second-order valence-corrected chi connectivity index (χ2v) is 14.4. The molecule has 0 amide bonds. The molecule has 0 atom stereocenters. The highest BCUT2D eigenvalue weighted by molar-refractivity contribution is 6.38. The summed E-state index contributed by atoms with van der Waals surface area (Å²) in [6.45, 7) is 0. The molecule has 0 saturated heterocycles. The molecule has 1 aromatic heterocycles. The number of nitrogens with zero attached hydrogens (tertiary/aromatic N) is 1. The lowest BCUT2D eigenvalue weighted by Gasteiger charge is -2.17. The molecule has 0 bridgehead atoms. The number of fused-ring (bicyclic) bond motifs is 16. The zero-order chi connectivity index (χ0) is 34.6. The third-order valence-electron chi connectivity index (χ3n) is 11.7. The Morgan fingerprint density at radius 2 is 0.811 bits per heavy atom. The minimum Gasteiger partial charge on any atom is -0.309 e. The van der Waals surface area contributed by atoms with Crippen LogP contribution in [-0.4, -0.2) is 4.57 Å². The standard InChI is InChI=1S/C52H31N/c1-3-13-38-32(11-1)21-23-34-29-35(25-27-40(34)38)47-31-48-43-16-6-8-18-45(43)52-51(50(48)44-17-7-5-15-42(44)47)46-19-9-10-20-49(46)53(52)37-26-28-41-36(30-37)24-22-33-12-2-4-14-39(33)41/h1-31H. The molecule has 1 heterocycles. The topological polar surface area (TPSA) is 4.93 Å². The van der Waals surface area contributed by atoms with Crippen molar-refractivity contribution in [2.75, 3.05) is 0 Å². The fourth-order valence-corrected chi connectivity index (χ4v) is 9.36. The van der Waals surface area contributed by atoms with Crippen molar-refractivity contribution in [3.05, 3.63) is 188 Å². The Morgan fingerprint density at radius 1 is 0.283 bits per heavy atom. The smallest absolute Gasteiger partial charge is 0.0626 e. The lowest BCUT2D eigenvalue weighted by Crippen LogP contribution is -1.95. The molecule has 0 aliphatic carbocycles. The first-order chi connectivity index (χ1) is 26.3. The quantitative estimate of drug-likeness (QED) is 0.161. The van der Waals surface area contributed by atoms with Crippen molar-refractivity contribution in [1.82, 2.24) is 4.57 Å². The van der Waals surface area contributed by atoms with Crippen LogP contribution in [0.2, 0.25) is 0 Å². The highest BCUT2D eigenvalue weighted by atomic mass is 15.0. The summed E-state index contributed by atoms with van der Waals surface area (Å²) in [6.07, 6.45) is 0. The van der Waals surface area contributed by atoms with E-state index in [1.165, 1.54) is 114 Å². The zero-order valence-corrected chi connectivity index (χ0v) is 28.8. The molecule has 12 rings (SSSR count). The van der Waals surface area contributed by atoms with Crippen LogP contribution in [0.25, 0.3) is 114 Å². The summed E-state index contributed by atoms with van der Waals surface area (Å²) in [5.74, 6) is 0. The summed E-state index contributed by atoms with van der Waals surface area (Å²) in [7, 11) is 0. The van der Waals surface area contributed by atoms with Crippen molar-refractivity contribution in [3.63, 3.8) is 0 Å². The molecule has 0 aliphatic rings. The van der Waals surface area contributed by atoms with Crippen molar-refractivity contribution in [3.8, 4) is 16.8 Å². The normalized spacial score (nSPS) is 12.2. The molecule has 0 fully saturated rings. The second-order valence-electron chi connectivity index (χ2n) is 14.4. The number of hydrogen-bond acceptors (Lipinski definition) is 0. The number of rotatable bonds is 2. The predicted octanol–water partition coefficient (Wildman–Crippen LogP) is 14.5. The van der Waals surface area contributed by atoms with E-state index in [0.717, 1.165) is 0 Å². The van der Waals surface area contributed by atoms with Crippen molar-refractivity contribution >= 4 is 97.2 Å². The average Bonchev–Trinajstić information content (AvgIpc) is 3.58. The maximum absolute atomic E-state index is 2.51. The molecular formula is C52H31N. The van der Waals surface area contributed by atoms with E-state index in [9.17, 15) is 0 Å². The summed E-state index contributed by atoms with van der Waals surface area (Å²) in [6, 6.07) is 69.9. The Balaban J connectivity index is 1.21. The van der Waals surface area contributed by atoms with Crippen LogP contribution in [0.5, 0.6) is 0 Å². The molecule has 11 aromatic carbocycles. The van der Waals surface area contributed by atoms with Gasteiger partial charge in [0.2, 0.25) is 0 Å². The van der Waals surface area contributed by atoms with Gasteiger partial charge in [-0.3, -0.25) is 0 Å². The van der Waals surface area contributed by atoms with E-state index < -0.39 is 0 Å². The summed E-state index contributed by atoms with van der Waals surface area (Å²) < 4.78 is 2.51. The first-order valence-corrected chi connectivity index (χ1v) is 18.4. The number of benzene rings is 11. The Hall–Kier alpha value is -6.96. The van der Waals surface area contributed by atoms with Crippen LogP contribution in [0.4, 0.5) is 0 Å². The van der Waals surface area contributed by atoms with Crippen LogP contribution >= 0.6 is 0 Å². The fourth-order valence-electron chi connectivity index (χ4n) is 9.36. The van der Waals surface area contributed by atoms with Crippen LogP contribution in [0.3, 0.4) is 0 Å². The number of aromatic nitrogens is 1. The monoisotopic (exact) mass is 669 g/mol. The van der Waals surface area contributed by atoms with Crippen molar-refractivity contribution in [2.24, 2.45) is 0 Å². The molecule has 0 aliphatic heterocycles. The maximum atomic E-state index is 2.51. The molecule has 1 nitrogen and oxygen atoms in total. The van der Waals surface area contributed by atoms with Gasteiger partial charge < -0.3 is 4.57 Å². The van der Waals surface area contributed by atoms with Crippen LogP contribution in [0.1, 0.15) is 0 Å². The molecule has 53 heavy (non-hydrogen) atoms. The summed E-state index contributed by atoms with van der Waals surface area (Å²) >= 11 is 0. The van der Waals surface area contributed by atoms with Gasteiger partial charge in [-0.2, -0.15) is 0 Å². The third-order valence-corrected chi connectivity index (χ3v) is 11.7. The SMILES string of the molecule is c1ccc2c(c1)ccc1cc(-c3cc4c5ccccc5c5c(c6ccccc6n5-c5ccc6c(ccc7ccccc76)c5)c4c4ccccc34)ccc12. The Bertz CT molecular complexity index is 3510. The Labute approximate surface area is 305 Å². The minimum atomic E-state index is 1.17. The predicted molar refractivity (Wildman–Crippen MR) is 229 cm³/mol. The van der Waals surface area contributed by atoms with Crippen LogP contribution in [0, 0.1) is 0 Å². The molecule has 0 radical (unpaired) electrons. The highest BCUT2D eigenvalue weighted by Gasteiger charge is 2.22. The summed E-state index contributed by atoms with van der Waals surface area (Å²) in [5, 5.41) is 20.5. The largest absolute Gasteiger partial charge is 0.309 e. The lowest BCUT2D eigenvalue weighted by atomic mass is 9.88. The highest BCUT2D eigenvalue weighted by Crippen LogP contribution is 2.47. The van der Waals surface area contributed by atoms with Gasteiger partial charge in [0, 0.05) is 27.2 Å². The van der Waals surface area contributed by atoms with Crippen molar-refractivity contribution in [2.45, 2.75) is 0 Å². The van der Waals surface area contributed by atoms with E-state index in [4.69, 9.17) is 0 Å². The summed E-state index contributed by atoms with van der Waals surface area (Å²) in [5.41, 5.74) is 6.15. The van der Waals surface area contributed by atoms with E-state index in [0.29, 0.717) is 0 Å². The molecule has 0 unspecified atom stereocenters. The zero-order valence-electron chi connectivity index (χ0n) is 28.8. The Morgan fingerprint density at radius 3 is 1.55 bits per heavy atom. The van der Waals surface area contributed by atoms with Crippen LogP contribution < -0.4 is 0 Å². The van der Waals surface area contributed by atoms with Gasteiger partial charge in [0.15, 0.2) is 0 Å². The molecule has 0 spiro atoms. The summed E-state index contributed by atoms with van der Waals surface area (Å²) in [4.78, 5) is 0. The minimum absolute atomic E-state index is 1.17. The molecule has 244 valence electrons. The van der Waals surface area contributed by atoms with Gasteiger partial charge in [-0.05, 0) is 106 Å². The molecular weight excluding hydrogens is 639 g/mol. The first kappa shape index (κ1) is 28.7. The molecule has 12 aromatic rings. The van der Waals surface area contributed by atoms with Crippen LogP contribution in [0.15, 0.2) is 188 Å². The van der Waals surface area contributed by atoms with Gasteiger partial charge in [0.25, 0.3) is 0 Å². The van der Waals surface area contributed by atoms with Crippen molar-refractivity contribution in [1.29, 1.82) is 0 Å². The third kappa shape index (κ3) is 4.02. The molecule has 0 N–H and O–H groups in total. The first-order valence-electron chi connectivity index (χ1n) is 18.4. The van der Waals surface area contributed by atoms with Gasteiger partial charge in [-0.25, -0.2) is 0 Å². The fraction of sp³-hybridized carbons (Fsp3) is 0. The van der Waals surface area contributed by atoms with Crippen molar-refractivity contribution < 1.29 is 0 Å². The van der Waals surface area contributed by atoms with E-state index in [-0.39, 0.29) is 0 Å². The van der Waals surface area contributed by atoms with Crippen LogP contribution in [-0.2, 0) is 0 Å².